The Morgan fingerprint density at radius 3 is 2.32 bits per heavy atom. The molecule has 1 aromatic rings. The van der Waals surface area contributed by atoms with Crippen LogP contribution in [0.15, 0.2) is 30.3 Å². The van der Waals surface area contributed by atoms with Gasteiger partial charge in [-0.15, -0.1) is 12.3 Å². The van der Waals surface area contributed by atoms with Crippen LogP contribution < -0.4 is 16.0 Å². The zero-order valence-electron chi connectivity index (χ0n) is 22.4. The third-order valence-corrected chi connectivity index (χ3v) is 5.13. The van der Waals surface area contributed by atoms with Crippen molar-refractivity contribution in [2.24, 2.45) is 0 Å². The Morgan fingerprint density at radius 2 is 1.70 bits per heavy atom. The minimum atomic E-state index is -0.884. The number of hydrogen-bond acceptors (Lipinski definition) is 6. The summed E-state index contributed by atoms with van der Waals surface area (Å²) < 4.78 is 10.4. The van der Waals surface area contributed by atoms with E-state index in [1.54, 1.807) is 27.7 Å². The minimum absolute atomic E-state index is 0.171. The number of amides is 3. The average Bonchev–Trinajstić information content (AvgIpc) is 2.82. The van der Waals surface area contributed by atoms with Gasteiger partial charge in [-0.05, 0) is 58.9 Å². The molecule has 0 fully saturated rings. The first-order valence-corrected chi connectivity index (χ1v) is 12.8. The van der Waals surface area contributed by atoms with Gasteiger partial charge in [0.2, 0.25) is 11.8 Å². The Bertz CT molecular complexity index is 905. The maximum Gasteiger partial charge on any atom is 0.407 e. The summed E-state index contributed by atoms with van der Waals surface area (Å²) in [5.74, 6) is 1.19. The van der Waals surface area contributed by atoms with Crippen molar-refractivity contribution in [1.82, 2.24) is 16.0 Å². The quantitative estimate of drug-likeness (QED) is 0.187. The molecule has 0 radical (unpaired) electrons. The van der Waals surface area contributed by atoms with Crippen LogP contribution in [0.4, 0.5) is 4.79 Å². The molecule has 0 spiro atoms. The van der Waals surface area contributed by atoms with Crippen molar-refractivity contribution in [3.63, 3.8) is 0 Å². The van der Waals surface area contributed by atoms with E-state index in [4.69, 9.17) is 15.9 Å². The lowest BCUT2D eigenvalue weighted by Gasteiger charge is -2.23. The Hall–Kier alpha value is -3.54. The summed E-state index contributed by atoms with van der Waals surface area (Å²) in [6.07, 6.45) is 7.63. The Labute approximate surface area is 220 Å². The van der Waals surface area contributed by atoms with E-state index in [2.05, 4.69) is 21.9 Å². The lowest BCUT2D eigenvalue weighted by Crippen LogP contribution is -2.52. The lowest BCUT2D eigenvalue weighted by molar-refractivity contribution is -0.147. The summed E-state index contributed by atoms with van der Waals surface area (Å²) in [4.78, 5) is 50.0. The molecule has 0 aliphatic rings. The van der Waals surface area contributed by atoms with Crippen LogP contribution in [0.2, 0.25) is 0 Å². The van der Waals surface area contributed by atoms with Gasteiger partial charge in [0, 0.05) is 25.8 Å². The smallest absolute Gasteiger partial charge is 0.407 e. The molecule has 9 heteroatoms. The van der Waals surface area contributed by atoms with Crippen LogP contribution in [-0.4, -0.2) is 54.7 Å². The fourth-order valence-corrected chi connectivity index (χ4v) is 3.42. The summed E-state index contributed by atoms with van der Waals surface area (Å²) in [7, 11) is 0. The SMILES string of the molecule is C#CCCCC(=O)N[C@H](Cc1ccccc1)C(=O)N[C@@H](CCCCNC(=O)OC(C)(C)C)C(=O)OCC. The molecule has 37 heavy (non-hydrogen) atoms. The molecule has 3 amide bonds. The molecule has 0 heterocycles. The van der Waals surface area contributed by atoms with Crippen LogP contribution in [0.5, 0.6) is 0 Å². The number of benzene rings is 1. The van der Waals surface area contributed by atoms with Crippen LogP contribution in [0.25, 0.3) is 0 Å². The van der Waals surface area contributed by atoms with Crippen LogP contribution in [-0.2, 0) is 30.3 Å². The van der Waals surface area contributed by atoms with Gasteiger partial charge in [0.15, 0.2) is 0 Å². The van der Waals surface area contributed by atoms with E-state index >= 15 is 0 Å². The molecular weight excluding hydrogens is 474 g/mol. The molecule has 2 atom stereocenters. The van der Waals surface area contributed by atoms with E-state index < -0.39 is 35.7 Å². The Morgan fingerprint density at radius 1 is 1.00 bits per heavy atom. The van der Waals surface area contributed by atoms with Gasteiger partial charge in [0.25, 0.3) is 0 Å². The average molecular weight is 516 g/mol. The zero-order chi connectivity index (χ0) is 27.7. The first-order valence-electron chi connectivity index (χ1n) is 12.8. The van der Waals surface area contributed by atoms with Crippen LogP contribution >= 0.6 is 0 Å². The van der Waals surface area contributed by atoms with Gasteiger partial charge < -0.3 is 25.4 Å². The highest BCUT2D eigenvalue weighted by Gasteiger charge is 2.27. The van der Waals surface area contributed by atoms with E-state index in [1.165, 1.54) is 0 Å². The highest BCUT2D eigenvalue weighted by Crippen LogP contribution is 2.09. The van der Waals surface area contributed by atoms with Crippen molar-refractivity contribution in [3.8, 4) is 12.3 Å². The van der Waals surface area contributed by atoms with E-state index in [0.717, 1.165) is 5.56 Å². The first kappa shape index (κ1) is 31.5. The first-order chi connectivity index (χ1) is 17.6. The highest BCUT2D eigenvalue weighted by atomic mass is 16.6. The molecule has 0 saturated heterocycles. The predicted octanol–water partition coefficient (Wildman–Crippen LogP) is 3.26. The summed E-state index contributed by atoms with van der Waals surface area (Å²) in [6, 6.07) is 7.55. The molecule has 0 bridgehead atoms. The van der Waals surface area contributed by atoms with Gasteiger partial charge in [0.05, 0.1) is 6.61 Å². The molecule has 3 N–H and O–H groups in total. The van der Waals surface area contributed by atoms with E-state index in [-0.39, 0.29) is 25.4 Å². The third-order valence-electron chi connectivity index (χ3n) is 5.13. The molecule has 0 aliphatic carbocycles. The van der Waals surface area contributed by atoms with E-state index in [0.29, 0.717) is 38.6 Å². The standard InChI is InChI=1S/C28H41N3O6/c1-6-8-10-18-24(32)30-23(20-21-15-11-9-12-16-21)25(33)31-22(26(34)36-7-2)17-13-14-19-29-27(35)37-28(3,4)5/h1,9,11-12,15-16,22-23H,7-8,10,13-14,17-20H2,2-5H3,(H,29,35)(H,30,32)(H,31,33)/t22-,23+/m0/s1. The van der Waals surface area contributed by atoms with Crippen molar-refractivity contribution in [2.75, 3.05) is 13.2 Å². The molecule has 0 saturated carbocycles. The minimum Gasteiger partial charge on any atom is -0.464 e. The number of nitrogens with one attached hydrogen (secondary N) is 3. The fraction of sp³-hybridized carbons (Fsp3) is 0.571. The van der Waals surface area contributed by atoms with E-state index in [9.17, 15) is 19.2 Å². The Balaban J connectivity index is 2.77. The number of unbranched alkanes of at least 4 members (excludes halogenated alkanes) is 2. The predicted molar refractivity (Wildman–Crippen MR) is 141 cm³/mol. The van der Waals surface area contributed by atoms with Crippen LogP contribution in [0.1, 0.15) is 71.8 Å². The topological polar surface area (TPSA) is 123 Å². The summed E-state index contributed by atoms with van der Waals surface area (Å²) in [5, 5.41) is 8.20. The normalized spacial score (nSPS) is 12.4. The number of rotatable bonds is 15. The maximum atomic E-state index is 13.2. The highest BCUT2D eigenvalue weighted by molar-refractivity contribution is 5.91. The van der Waals surface area contributed by atoms with Crippen LogP contribution in [0, 0.1) is 12.3 Å². The number of alkyl carbamates (subject to hydrolysis) is 1. The third kappa shape index (κ3) is 14.6. The molecule has 204 valence electrons. The molecule has 1 rings (SSSR count). The van der Waals surface area contributed by atoms with Gasteiger partial charge in [-0.1, -0.05) is 30.3 Å². The van der Waals surface area contributed by atoms with Crippen molar-refractivity contribution < 1.29 is 28.7 Å². The zero-order valence-corrected chi connectivity index (χ0v) is 22.4. The van der Waals surface area contributed by atoms with Gasteiger partial charge in [0.1, 0.15) is 17.7 Å². The molecule has 9 nitrogen and oxygen atoms in total. The molecular formula is C28H41N3O6. The molecule has 1 aromatic carbocycles. The number of esters is 1. The second-order valence-electron chi connectivity index (χ2n) is 9.61. The van der Waals surface area contributed by atoms with Crippen LogP contribution in [0.3, 0.4) is 0 Å². The second kappa shape index (κ2) is 17.0. The second-order valence-corrected chi connectivity index (χ2v) is 9.61. The van der Waals surface area contributed by atoms with Gasteiger partial charge >= 0.3 is 12.1 Å². The number of carbonyl (C=O) groups is 4. The van der Waals surface area contributed by atoms with Crippen molar-refractivity contribution in [1.29, 1.82) is 0 Å². The van der Waals surface area contributed by atoms with Crippen molar-refractivity contribution in [3.05, 3.63) is 35.9 Å². The van der Waals surface area contributed by atoms with Crippen molar-refractivity contribution in [2.45, 2.75) is 90.3 Å². The van der Waals surface area contributed by atoms with E-state index in [1.807, 2.05) is 30.3 Å². The largest absolute Gasteiger partial charge is 0.464 e. The number of hydrogen-bond donors (Lipinski definition) is 3. The maximum absolute atomic E-state index is 13.2. The number of carbonyl (C=O) groups excluding carboxylic acids is 4. The molecule has 0 aliphatic heterocycles. The number of ether oxygens (including phenoxy) is 2. The fourth-order valence-electron chi connectivity index (χ4n) is 3.42. The lowest BCUT2D eigenvalue weighted by atomic mass is 10.0. The van der Waals surface area contributed by atoms with Gasteiger partial charge in [-0.25, -0.2) is 9.59 Å². The summed E-state index contributed by atoms with van der Waals surface area (Å²) in [5.41, 5.74) is 0.281. The summed E-state index contributed by atoms with van der Waals surface area (Å²) in [6.45, 7) is 7.57. The molecule has 0 aromatic heterocycles. The van der Waals surface area contributed by atoms with Gasteiger partial charge in [-0.2, -0.15) is 0 Å². The van der Waals surface area contributed by atoms with Gasteiger partial charge in [-0.3, -0.25) is 9.59 Å². The van der Waals surface area contributed by atoms with Crippen molar-refractivity contribution >= 4 is 23.9 Å². The monoisotopic (exact) mass is 515 g/mol. The Kier molecular flexibility index (Phi) is 14.5. The molecule has 0 unspecified atom stereocenters. The number of terminal acetylenes is 1. The summed E-state index contributed by atoms with van der Waals surface area (Å²) >= 11 is 0.